The first-order valence-corrected chi connectivity index (χ1v) is 10.3. The van der Waals surface area contributed by atoms with Gasteiger partial charge in [0.25, 0.3) is 5.91 Å². The Labute approximate surface area is 174 Å². The summed E-state index contributed by atoms with van der Waals surface area (Å²) in [5.41, 5.74) is 2.48. The van der Waals surface area contributed by atoms with E-state index < -0.39 is 0 Å². The van der Waals surface area contributed by atoms with Gasteiger partial charge in [0, 0.05) is 30.0 Å². The van der Waals surface area contributed by atoms with E-state index in [1.807, 2.05) is 25.1 Å². The van der Waals surface area contributed by atoms with Gasteiger partial charge in [-0.1, -0.05) is 11.6 Å². The van der Waals surface area contributed by atoms with E-state index >= 15 is 0 Å². The van der Waals surface area contributed by atoms with Crippen LogP contribution in [-0.4, -0.2) is 42.9 Å². The maximum Gasteiger partial charge on any atom is 0.289 e. The summed E-state index contributed by atoms with van der Waals surface area (Å²) < 4.78 is 16.9. The van der Waals surface area contributed by atoms with Gasteiger partial charge in [0.15, 0.2) is 23.0 Å². The van der Waals surface area contributed by atoms with E-state index in [0.29, 0.717) is 67.6 Å². The number of carbonyl (C=O) groups is 2. The number of fused-ring (bicyclic) bond motifs is 2. The first kappa shape index (κ1) is 18.7. The van der Waals surface area contributed by atoms with Crippen LogP contribution in [0.2, 0.25) is 0 Å². The third-order valence-electron chi connectivity index (χ3n) is 5.86. The summed E-state index contributed by atoms with van der Waals surface area (Å²) in [5.74, 6) is 1.54. The Morgan fingerprint density at radius 2 is 1.70 bits per heavy atom. The predicted molar refractivity (Wildman–Crippen MR) is 111 cm³/mol. The molecule has 0 spiro atoms. The Bertz CT molecular complexity index is 1120. The molecule has 6 heteroatoms. The molecule has 3 aromatic rings. The van der Waals surface area contributed by atoms with Crippen molar-refractivity contribution in [1.82, 2.24) is 4.90 Å². The van der Waals surface area contributed by atoms with E-state index in [4.69, 9.17) is 13.9 Å². The van der Waals surface area contributed by atoms with Crippen molar-refractivity contribution in [2.24, 2.45) is 5.92 Å². The van der Waals surface area contributed by atoms with Crippen molar-refractivity contribution in [2.75, 3.05) is 26.3 Å². The molecule has 0 N–H and O–H groups in total. The van der Waals surface area contributed by atoms with Crippen molar-refractivity contribution < 1.29 is 23.5 Å². The molecule has 1 amide bonds. The highest BCUT2D eigenvalue weighted by molar-refractivity contribution is 5.99. The minimum absolute atomic E-state index is 0.0956. The maximum atomic E-state index is 13.0. The molecular formula is C24H23NO5. The van der Waals surface area contributed by atoms with Crippen molar-refractivity contribution in [2.45, 2.75) is 19.8 Å². The van der Waals surface area contributed by atoms with Crippen LogP contribution in [0.4, 0.5) is 0 Å². The molecule has 0 aliphatic carbocycles. The number of carbonyl (C=O) groups excluding carboxylic acids is 2. The first-order valence-electron chi connectivity index (χ1n) is 10.3. The molecule has 1 fully saturated rings. The Hall–Kier alpha value is -3.28. The number of aryl methyl sites for hydroxylation is 1. The summed E-state index contributed by atoms with van der Waals surface area (Å²) in [5, 5.41) is 0.932. The largest absolute Gasteiger partial charge is 0.486 e. The number of likely N-dealkylation sites (tertiary alicyclic amines) is 1. The summed E-state index contributed by atoms with van der Waals surface area (Å²) in [6, 6.07) is 13.0. The summed E-state index contributed by atoms with van der Waals surface area (Å²) >= 11 is 0. The summed E-state index contributed by atoms with van der Waals surface area (Å²) in [4.78, 5) is 27.6. The minimum atomic E-state index is -0.117. The van der Waals surface area contributed by atoms with Crippen LogP contribution in [0.1, 0.15) is 39.3 Å². The minimum Gasteiger partial charge on any atom is -0.486 e. The number of nitrogens with zero attached hydrogens (tertiary/aromatic N) is 1. The zero-order chi connectivity index (χ0) is 20.7. The van der Waals surface area contributed by atoms with E-state index in [1.165, 1.54) is 0 Å². The van der Waals surface area contributed by atoms with Gasteiger partial charge < -0.3 is 18.8 Å². The fraction of sp³-hybridized carbons (Fsp3) is 0.333. The summed E-state index contributed by atoms with van der Waals surface area (Å²) in [6.07, 6.45) is 1.27. The van der Waals surface area contributed by atoms with Crippen LogP contribution in [0.5, 0.6) is 11.5 Å². The van der Waals surface area contributed by atoms with E-state index in [9.17, 15) is 9.59 Å². The lowest BCUT2D eigenvalue weighted by atomic mass is 9.88. The van der Waals surface area contributed by atoms with E-state index in [0.717, 1.165) is 10.9 Å². The second-order valence-corrected chi connectivity index (χ2v) is 7.94. The van der Waals surface area contributed by atoms with E-state index in [-0.39, 0.29) is 17.6 Å². The predicted octanol–water partition coefficient (Wildman–Crippen LogP) is 4.25. The zero-order valence-electron chi connectivity index (χ0n) is 16.8. The average molecular weight is 405 g/mol. The van der Waals surface area contributed by atoms with E-state index in [2.05, 4.69) is 0 Å². The number of piperidine rings is 1. The molecule has 2 aliphatic rings. The second kappa shape index (κ2) is 7.52. The Balaban J connectivity index is 1.25. The van der Waals surface area contributed by atoms with Crippen LogP contribution in [0.25, 0.3) is 11.0 Å². The van der Waals surface area contributed by atoms with Gasteiger partial charge in [0.05, 0.1) is 0 Å². The van der Waals surface area contributed by atoms with E-state index in [1.54, 1.807) is 29.2 Å². The van der Waals surface area contributed by atoms with Crippen LogP contribution in [0, 0.1) is 12.8 Å². The molecule has 0 saturated carbocycles. The molecule has 0 bridgehead atoms. The number of ketones is 1. The van der Waals surface area contributed by atoms with Gasteiger partial charge in [-0.25, -0.2) is 0 Å². The number of hydrogen-bond donors (Lipinski definition) is 0. The van der Waals surface area contributed by atoms with Crippen LogP contribution >= 0.6 is 0 Å². The monoisotopic (exact) mass is 405 g/mol. The lowest BCUT2D eigenvalue weighted by Crippen LogP contribution is -2.40. The van der Waals surface area contributed by atoms with Crippen molar-refractivity contribution in [3.8, 4) is 11.5 Å². The zero-order valence-corrected chi connectivity index (χ0v) is 16.8. The Morgan fingerprint density at radius 1 is 0.933 bits per heavy atom. The number of benzene rings is 2. The quantitative estimate of drug-likeness (QED) is 0.610. The number of hydrogen-bond acceptors (Lipinski definition) is 5. The standard InChI is InChI=1S/C24H23NO5/c1-15-2-4-19-18(12-15)14-22(30-19)24(27)25-8-6-16(7-9-25)23(26)17-3-5-20-21(13-17)29-11-10-28-20/h2-5,12-14,16H,6-11H2,1H3. The molecule has 0 radical (unpaired) electrons. The fourth-order valence-electron chi connectivity index (χ4n) is 4.20. The van der Waals surface area contributed by atoms with Crippen molar-refractivity contribution >= 4 is 22.7 Å². The van der Waals surface area contributed by atoms with Crippen molar-refractivity contribution in [3.05, 3.63) is 59.4 Å². The SMILES string of the molecule is Cc1ccc2oc(C(=O)N3CCC(C(=O)c4ccc5c(c4)OCCO5)CC3)cc2c1. The molecule has 6 nitrogen and oxygen atoms in total. The molecule has 1 saturated heterocycles. The number of amides is 1. The van der Waals surface area contributed by atoms with Gasteiger partial charge >= 0.3 is 0 Å². The van der Waals surface area contributed by atoms with Gasteiger partial charge in [-0.3, -0.25) is 9.59 Å². The van der Waals surface area contributed by atoms with Crippen LogP contribution < -0.4 is 9.47 Å². The highest BCUT2D eigenvalue weighted by Crippen LogP contribution is 2.33. The Kier molecular flexibility index (Phi) is 4.69. The Morgan fingerprint density at radius 3 is 2.50 bits per heavy atom. The van der Waals surface area contributed by atoms with Gasteiger partial charge in [-0.2, -0.15) is 0 Å². The molecule has 5 rings (SSSR count). The van der Waals surface area contributed by atoms with Crippen LogP contribution in [0.3, 0.4) is 0 Å². The average Bonchev–Trinajstić information content (AvgIpc) is 3.21. The molecule has 0 atom stereocenters. The smallest absolute Gasteiger partial charge is 0.289 e. The van der Waals surface area contributed by atoms with Gasteiger partial charge in [0.1, 0.15) is 18.8 Å². The molecule has 1 aromatic heterocycles. The molecular weight excluding hydrogens is 382 g/mol. The normalized spacial score (nSPS) is 16.6. The number of rotatable bonds is 3. The van der Waals surface area contributed by atoms with Gasteiger partial charge in [0.2, 0.25) is 0 Å². The summed E-state index contributed by atoms with van der Waals surface area (Å²) in [6.45, 7) is 4.10. The van der Waals surface area contributed by atoms with Crippen molar-refractivity contribution in [1.29, 1.82) is 0 Å². The summed E-state index contributed by atoms with van der Waals surface area (Å²) in [7, 11) is 0. The third kappa shape index (κ3) is 3.43. The second-order valence-electron chi connectivity index (χ2n) is 7.94. The van der Waals surface area contributed by atoms with Gasteiger partial charge in [-0.05, 0) is 56.2 Å². The molecule has 2 aliphatic heterocycles. The molecule has 154 valence electrons. The molecule has 0 unspecified atom stereocenters. The number of ether oxygens (including phenoxy) is 2. The molecule has 2 aromatic carbocycles. The highest BCUT2D eigenvalue weighted by atomic mass is 16.6. The van der Waals surface area contributed by atoms with Crippen LogP contribution in [0.15, 0.2) is 46.9 Å². The van der Waals surface area contributed by atoms with Crippen LogP contribution in [-0.2, 0) is 0 Å². The van der Waals surface area contributed by atoms with Gasteiger partial charge in [-0.15, -0.1) is 0 Å². The maximum absolute atomic E-state index is 13.0. The number of Topliss-reactive ketones (excluding diaryl/α,β-unsaturated/α-hetero) is 1. The lowest BCUT2D eigenvalue weighted by molar-refractivity contribution is 0.0626. The fourth-order valence-corrected chi connectivity index (χ4v) is 4.20. The third-order valence-corrected chi connectivity index (χ3v) is 5.86. The molecule has 30 heavy (non-hydrogen) atoms. The van der Waals surface area contributed by atoms with Crippen molar-refractivity contribution in [3.63, 3.8) is 0 Å². The first-order chi connectivity index (χ1) is 14.6. The lowest BCUT2D eigenvalue weighted by Gasteiger charge is -2.31. The molecule has 3 heterocycles. The highest BCUT2D eigenvalue weighted by Gasteiger charge is 2.30. The topological polar surface area (TPSA) is 69.0 Å². The number of furan rings is 1.